The fraction of sp³-hybridized carbons (Fsp3) is 0.300. The van der Waals surface area contributed by atoms with Crippen molar-refractivity contribution in [2.75, 3.05) is 38.2 Å². The molecule has 1 aromatic heterocycles. The van der Waals surface area contributed by atoms with E-state index in [2.05, 4.69) is 20.3 Å². The quantitative estimate of drug-likeness (QED) is 0.691. The van der Waals surface area contributed by atoms with E-state index in [4.69, 9.17) is 4.74 Å². The van der Waals surface area contributed by atoms with E-state index in [0.717, 1.165) is 35.8 Å². The monoisotopic (exact) mass is 378 g/mol. The van der Waals surface area contributed by atoms with Gasteiger partial charge in [0, 0.05) is 26.2 Å². The van der Waals surface area contributed by atoms with Gasteiger partial charge in [0.05, 0.1) is 18.5 Å². The topological polar surface area (TPSA) is 76.4 Å². The van der Waals surface area contributed by atoms with E-state index in [1.54, 1.807) is 12.0 Å². The molecule has 0 bridgehead atoms. The number of carbonyl (C=O) groups is 1. The van der Waals surface area contributed by atoms with Crippen LogP contribution in [-0.4, -0.2) is 64.3 Å². The molecule has 1 aliphatic rings. The lowest BCUT2D eigenvalue weighted by Gasteiger charge is -2.36. The summed E-state index contributed by atoms with van der Waals surface area (Å²) in [5, 5.41) is 12.2. The SMILES string of the molecule is COc1ccccc1N1CCN(C(=O)c2nnn(-c3ccc(C)cc3)n2)CC1. The van der Waals surface area contributed by atoms with Gasteiger partial charge < -0.3 is 14.5 Å². The van der Waals surface area contributed by atoms with Crippen molar-refractivity contribution < 1.29 is 9.53 Å². The van der Waals surface area contributed by atoms with Crippen LogP contribution in [0, 0.1) is 6.92 Å². The van der Waals surface area contributed by atoms with Gasteiger partial charge in [0.2, 0.25) is 0 Å². The number of para-hydroxylation sites is 2. The van der Waals surface area contributed by atoms with Crippen LogP contribution in [0.15, 0.2) is 48.5 Å². The van der Waals surface area contributed by atoms with Crippen molar-refractivity contribution in [3.8, 4) is 11.4 Å². The third-order valence-corrected chi connectivity index (χ3v) is 4.86. The van der Waals surface area contributed by atoms with Crippen molar-refractivity contribution in [2.24, 2.45) is 0 Å². The Labute approximate surface area is 163 Å². The van der Waals surface area contributed by atoms with Crippen LogP contribution in [-0.2, 0) is 0 Å². The van der Waals surface area contributed by atoms with E-state index in [0.29, 0.717) is 13.1 Å². The smallest absolute Gasteiger partial charge is 0.295 e. The molecule has 1 aliphatic heterocycles. The summed E-state index contributed by atoms with van der Waals surface area (Å²) in [6.07, 6.45) is 0. The standard InChI is InChI=1S/C20H22N6O2/c1-15-7-9-16(10-8-15)26-22-19(21-23-26)20(27)25-13-11-24(12-14-25)17-5-3-4-6-18(17)28-2/h3-10H,11-14H2,1-2H3. The van der Waals surface area contributed by atoms with Gasteiger partial charge in [0.1, 0.15) is 5.75 Å². The molecular formula is C20H22N6O2. The molecule has 1 amide bonds. The van der Waals surface area contributed by atoms with Crippen LogP contribution >= 0.6 is 0 Å². The molecule has 0 saturated carbocycles. The highest BCUT2D eigenvalue weighted by atomic mass is 16.5. The minimum Gasteiger partial charge on any atom is -0.495 e. The van der Waals surface area contributed by atoms with Crippen molar-refractivity contribution in [3.05, 3.63) is 59.9 Å². The molecule has 8 heteroatoms. The summed E-state index contributed by atoms with van der Waals surface area (Å²) in [5.74, 6) is 0.759. The Hall–Kier alpha value is -3.42. The van der Waals surface area contributed by atoms with Crippen molar-refractivity contribution in [1.29, 1.82) is 0 Å². The first-order chi connectivity index (χ1) is 13.7. The molecule has 2 heterocycles. The van der Waals surface area contributed by atoms with E-state index < -0.39 is 0 Å². The Morgan fingerprint density at radius 3 is 2.43 bits per heavy atom. The van der Waals surface area contributed by atoms with Crippen LogP contribution in [0.3, 0.4) is 0 Å². The van der Waals surface area contributed by atoms with E-state index >= 15 is 0 Å². The molecule has 2 aromatic carbocycles. The predicted molar refractivity (Wildman–Crippen MR) is 105 cm³/mol. The van der Waals surface area contributed by atoms with Crippen molar-refractivity contribution >= 4 is 11.6 Å². The zero-order chi connectivity index (χ0) is 19.5. The van der Waals surface area contributed by atoms with Crippen LogP contribution in [0.5, 0.6) is 5.75 Å². The Morgan fingerprint density at radius 2 is 1.71 bits per heavy atom. The van der Waals surface area contributed by atoms with Gasteiger partial charge in [-0.05, 0) is 36.4 Å². The summed E-state index contributed by atoms with van der Waals surface area (Å²) < 4.78 is 5.44. The second kappa shape index (κ2) is 7.67. The summed E-state index contributed by atoms with van der Waals surface area (Å²) in [6, 6.07) is 15.7. The first-order valence-corrected chi connectivity index (χ1v) is 9.20. The number of carbonyl (C=O) groups excluding carboxylic acids is 1. The molecule has 0 N–H and O–H groups in total. The number of ether oxygens (including phenoxy) is 1. The van der Waals surface area contributed by atoms with Crippen LogP contribution in [0.2, 0.25) is 0 Å². The van der Waals surface area contributed by atoms with Gasteiger partial charge in [0.15, 0.2) is 0 Å². The van der Waals surface area contributed by atoms with Crippen LogP contribution in [0.25, 0.3) is 5.69 Å². The summed E-state index contributed by atoms with van der Waals surface area (Å²) in [4.78, 5) is 18.1. The fourth-order valence-corrected chi connectivity index (χ4v) is 3.27. The number of methoxy groups -OCH3 is 1. The average molecular weight is 378 g/mol. The lowest BCUT2D eigenvalue weighted by Crippen LogP contribution is -2.49. The number of amides is 1. The summed E-state index contributed by atoms with van der Waals surface area (Å²) >= 11 is 0. The Morgan fingerprint density at radius 1 is 1.00 bits per heavy atom. The molecule has 3 aromatic rings. The maximum absolute atomic E-state index is 12.8. The number of benzene rings is 2. The van der Waals surface area contributed by atoms with Crippen LogP contribution < -0.4 is 9.64 Å². The number of anilines is 1. The van der Waals surface area contributed by atoms with Crippen molar-refractivity contribution in [3.63, 3.8) is 0 Å². The van der Waals surface area contributed by atoms with Gasteiger partial charge in [-0.3, -0.25) is 4.79 Å². The Bertz CT molecular complexity index is 961. The molecule has 0 radical (unpaired) electrons. The van der Waals surface area contributed by atoms with Gasteiger partial charge >= 0.3 is 0 Å². The largest absolute Gasteiger partial charge is 0.495 e. The Kier molecular flexibility index (Phi) is 4.92. The number of hydrogen-bond acceptors (Lipinski definition) is 6. The maximum Gasteiger partial charge on any atom is 0.295 e. The normalized spacial score (nSPS) is 14.2. The third-order valence-electron chi connectivity index (χ3n) is 4.86. The summed E-state index contributed by atoms with van der Waals surface area (Å²) in [5.41, 5.74) is 2.96. The molecule has 0 unspecified atom stereocenters. The molecule has 1 fully saturated rings. The molecule has 0 aliphatic carbocycles. The zero-order valence-corrected chi connectivity index (χ0v) is 15.9. The molecule has 0 atom stereocenters. The van der Waals surface area contributed by atoms with Gasteiger partial charge in [-0.2, -0.15) is 0 Å². The van der Waals surface area contributed by atoms with E-state index in [1.165, 1.54) is 4.80 Å². The highest BCUT2D eigenvalue weighted by molar-refractivity contribution is 5.90. The van der Waals surface area contributed by atoms with Gasteiger partial charge in [-0.25, -0.2) is 0 Å². The van der Waals surface area contributed by atoms with Crippen molar-refractivity contribution in [2.45, 2.75) is 6.92 Å². The maximum atomic E-state index is 12.8. The zero-order valence-electron chi connectivity index (χ0n) is 15.9. The van der Waals surface area contributed by atoms with E-state index in [1.807, 2.05) is 55.5 Å². The van der Waals surface area contributed by atoms with Gasteiger partial charge in [-0.1, -0.05) is 29.8 Å². The molecule has 1 saturated heterocycles. The molecule has 28 heavy (non-hydrogen) atoms. The third kappa shape index (κ3) is 3.53. The number of hydrogen-bond donors (Lipinski definition) is 0. The van der Waals surface area contributed by atoms with E-state index in [-0.39, 0.29) is 11.7 Å². The van der Waals surface area contributed by atoms with Gasteiger partial charge in [-0.15, -0.1) is 15.0 Å². The fourth-order valence-electron chi connectivity index (χ4n) is 3.27. The number of rotatable bonds is 4. The van der Waals surface area contributed by atoms with E-state index in [9.17, 15) is 4.79 Å². The first kappa shape index (κ1) is 18.0. The minimum atomic E-state index is -0.196. The predicted octanol–water partition coefficient (Wildman–Crippen LogP) is 1.94. The molecule has 144 valence electrons. The highest BCUT2D eigenvalue weighted by Crippen LogP contribution is 2.28. The summed E-state index contributed by atoms with van der Waals surface area (Å²) in [6.45, 7) is 4.64. The molecule has 0 spiro atoms. The summed E-state index contributed by atoms with van der Waals surface area (Å²) in [7, 11) is 1.67. The lowest BCUT2D eigenvalue weighted by molar-refractivity contribution is 0.0734. The van der Waals surface area contributed by atoms with Gasteiger partial charge in [0.25, 0.3) is 11.7 Å². The minimum absolute atomic E-state index is 0.117. The lowest BCUT2D eigenvalue weighted by atomic mass is 10.2. The highest BCUT2D eigenvalue weighted by Gasteiger charge is 2.26. The van der Waals surface area contributed by atoms with Crippen LogP contribution in [0.1, 0.15) is 16.2 Å². The Balaban J connectivity index is 1.42. The average Bonchev–Trinajstić information content (AvgIpc) is 3.24. The number of aryl methyl sites for hydroxylation is 1. The molecular weight excluding hydrogens is 356 g/mol. The molecule has 8 nitrogen and oxygen atoms in total. The number of piperazine rings is 1. The number of tetrazole rings is 1. The van der Waals surface area contributed by atoms with Crippen LogP contribution in [0.4, 0.5) is 5.69 Å². The van der Waals surface area contributed by atoms with Crippen molar-refractivity contribution in [1.82, 2.24) is 25.1 Å². The molecule has 4 rings (SSSR count). The second-order valence-corrected chi connectivity index (χ2v) is 6.69. The second-order valence-electron chi connectivity index (χ2n) is 6.69. The number of nitrogens with zero attached hydrogens (tertiary/aromatic N) is 6. The number of aromatic nitrogens is 4. The first-order valence-electron chi connectivity index (χ1n) is 9.20.